The zero-order chi connectivity index (χ0) is 14.8. The number of furan rings is 1. The van der Waals surface area contributed by atoms with Gasteiger partial charge in [0.2, 0.25) is 0 Å². The molecule has 0 aromatic carbocycles. The first-order valence-electron chi connectivity index (χ1n) is 7.85. The van der Waals surface area contributed by atoms with Crippen LogP contribution in [0.15, 0.2) is 16.7 Å². The highest BCUT2D eigenvalue weighted by molar-refractivity contribution is 5.95. The maximum Gasteiger partial charge on any atom is 0.257 e. The average Bonchev–Trinajstić information content (AvgIpc) is 3.14. The van der Waals surface area contributed by atoms with Crippen LogP contribution in [0.4, 0.5) is 0 Å². The Bertz CT molecular complexity index is 498. The molecule has 2 aliphatic rings. The maximum atomic E-state index is 12.8. The zero-order valence-corrected chi connectivity index (χ0v) is 12.5. The summed E-state index contributed by atoms with van der Waals surface area (Å²) in [5, 5.41) is 10.2. The van der Waals surface area contributed by atoms with E-state index in [0.29, 0.717) is 31.7 Å². The van der Waals surface area contributed by atoms with Gasteiger partial charge in [0.1, 0.15) is 5.76 Å². The molecule has 1 N–H and O–H groups in total. The quantitative estimate of drug-likeness (QED) is 0.923. The molecule has 0 spiro atoms. The number of amides is 1. The van der Waals surface area contributed by atoms with Crippen LogP contribution in [-0.4, -0.2) is 47.8 Å². The summed E-state index contributed by atoms with van der Waals surface area (Å²) in [7, 11) is 0. The monoisotopic (exact) mass is 293 g/mol. The highest BCUT2D eigenvalue weighted by atomic mass is 16.5. The van der Waals surface area contributed by atoms with Crippen LogP contribution < -0.4 is 0 Å². The van der Waals surface area contributed by atoms with Gasteiger partial charge in [-0.25, -0.2) is 0 Å². The van der Waals surface area contributed by atoms with Crippen molar-refractivity contribution in [3.8, 4) is 0 Å². The number of morpholine rings is 1. The lowest BCUT2D eigenvalue weighted by Gasteiger charge is -2.40. The second-order valence-corrected chi connectivity index (χ2v) is 5.91. The highest BCUT2D eigenvalue weighted by Gasteiger charge is 2.40. The molecule has 1 aliphatic heterocycles. The van der Waals surface area contributed by atoms with Gasteiger partial charge < -0.3 is 19.2 Å². The SMILES string of the molecule is CCc1occc1C(=O)N1CCOCC1C1CCCC1O. The van der Waals surface area contributed by atoms with Gasteiger partial charge >= 0.3 is 0 Å². The van der Waals surface area contributed by atoms with Crippen molar-refractivity contribution in [3.05, 3.63) is 23.7 Å². The lowest BCUT2D eigenvalue weighted by atomic mass is 9.93. The molecule has 0 bridgehead atoms. The number of carbonyl (C=O) groups is 1. The number of carbonyl (C=O) groups excluding carboxylic acids is 1. The third-order valence-corrected chi connectivity index (χ3v) is 4.75. The van der Waals surface area contributed by atoms with Crippen LogP contribution in [0.1, 0.15) is 42.3 Å². The van der Waals surface area contributed by atoms with Crippen molar-refractivity contribution in [2.75, 3.05) is 19.8 Å². The van der Waals surface area contributed by atoms with Crippen LogP contribution in [0.2, 0.25) is 0 Å². The molecule has 1 aliphatic carbocycles. The third kappa shape index (κ3) is 2.72. The number of ether oxygens (including phenoxy) is 1. The van der Waals surface area contributed by atoms with Crippen LogP contribution in [0.3, 0.4) is 0 Å². The summed E-state index contributed by atoms with van der Waals surface area (Å²) in [6.45, 7) is 3.64. The summed E-state index contributed by atoms with van der Waals surface area (Å²) in [5.74, 6) is 0.872. The Morgan fingerprint density at radius 3 is 3.05 bits per heavy atom. The third-order valence-electron chi connectivity index (χ3n) is 4.75. The minimum atomic E-state index is -0.318. The molecular weight excluding hydrogens is 270 g/mol. The van der Waals surface area contributed by atoms with E-state index in [1.54, 1.807) is 12.3 Å². The molecule has 1 amide bonds. The van der Waals surface area contributed by atoms with E-state index >= 15 is 0 Å². The molecule has 1 aromatic rings. The fraction of sp³-hybridized carbons (Fsp3) is 0.688. The molecule has 5 nitrogen and oxygen atoms in total. The number of aliphatic hydroxyl groups excluding tert-OH is 1. The lowest BCUT2D eigenvalue weighted by Crippen LogP contribution is -2.53. The van der Waals surface area contributed by atoms with E-state index in [1.807, 2.05) is 11.8 Å². The van der Waals surface area contributed by atoms with Crippen LogP contribution in [0.25, 0.3) is 0 Å². The average molecular weight is 293 g/mol. The van der Waals surface area contributed by atoms with Gasteiger partial charge in [-0.15, -0.1) is 0 Å². The largest absolute Gasteiger partial charge is 0.469 e. The Labute approximate surface area is 124 Å². The predicted molar refractivity (Wildman–Crippen MR) is 77.1 cm³/mol. The second kappa shape index (κ2) is 6.20. The number of hydrogen-bond donors (Lipinski definition) is 1. The van der Waals surface area contributed by atoms with Gasteiger partial charge in [-0.1, -0.05) is 13.3 Å². The molecule has 1 saturated heterocycles. The molecule has 3 atom stereocenters. The molecule has 2 fully saturated rings. The van der Waals surface area contributed by atoms with Crippen molar-refractivity contribution in [2.45, 2.75) is 44.8 Å². The van der Waals surface area contributed by atoms with Gasteiger partial charge in [0.15, 0.2) is 0 Å². The van der Waals surface area contributed by atoms with E-state index in [4.69, 9.17) is 9.15 Å². The molecule has 5 heteroatoms. The maximum absolute atomic E-state index is 12.8. The minimum absolute atomic E-state index is 0.00741. The summed E-state index contributed by atoms with van der Waals surface area (Å²) in [6, 6.07) is 1.72. The van der Waals surface area contributed by atoms with Gasteiger partial charge in [-0.05, 0) is 18.9 Å². The van der Waals surface area contributed by atoms with E-state index in [0.717, 1.165) is 25.0 Å². The number of hydrogen-bond acceptors (Lipinski definition) is 4. The second-order valence-electron chi connectivity index (χ2n) is 5.91. The van der Waals surface area contributed by atoms with Gasteiger partial charge in [0.25, 0.3) is 5.91 Å². The normalized spacial score (nSPS) is 29.8. The fourth-order valence-corrected chi connectivity index (χ4v) is 3.61. The van der Waals surface area contributed by atoms with Crippen molar-refractivity contribution < 1.29 is 19.1 Å². The van der Waals surface area contributed by atoms with Crippen LogP contribution in [-0.2, 0) is 11.2 Å². The first kappa shape index (κ1) is 14.6. The van der Waals surface area contributed by atoms with Gasteiger partial charge in [-0.2, -0.15) is 0 Å². The number of rotatable bonds is 3. The Hall–Kier alpha value is -1.33. The molecule has 3 unspecified atom stereocenters. The van der Waals surface area contributed by atoms with Gasteiger partial charge in [-0.3, -0.25) is 4.79 Å². The van der Waals surface area contributed by atoms with E-state index in [1.165, 1.54) is 0 Å². The van der Waals surface area contributed by atoms with Crippen molar-refractivity contribution >= 4 is 5.91 Å². The molecule has 116 valence electrons. The van der Waals surface area contributed by atoms with E-state index in [2.05, 4.69) is 0 Å². The van der Waals surface area contributed by atoms with Gasteiger partial charge in [0, 0.05) is 18.9 Å². The van der Waals surface area contributed by atoms with E-state index < -0.39 is 0 Å². The summed E-state index contributed by atoms with van der Waals surface area (Å²) in [6.07, 6.45) is 4.78. The highest BCUT2D eigenvalue weighted by Crippen LogP contribution is 2.33. The van der Waals surface area contributed by atoms with Crippen molar-refractivity contribution in [1.29, 1.82) is 0 Å². The van der Waals surface area contributed by atoms with Gasteiger partial charge in [0.05, 0.1) is 37.2 Å². The van der Waals surface area contributed by atoms with E-state index in [-0.39, 0.29) is 24.0 Å². The zero-order valence-electron chi connectivity index (χ0n) is 12.5. The lowest BCUT2D eigenvalue weighted by molar-refractivity contribution is -0.0384. The first-order chi connectivity index (χ1) is 10.2. The summed E-state index contributed by atoms with van der Waals surface area (Å²) in [4.78, 5) is 14.7. The Morgan fingerprint density at radius 1 is 1.48 bits per heavy atom. The van der Waals surface area contributed by atoms with Crippen molar-refractivity contribution in [1.82, 2.24) is 4.90 Å². The van der Waals surface area contributed by atoms with Crippen LogP contribution >= 0.6 is 0 Å². The molecule has 1 aromatic heterocycles. The smallest absolute Gasteiger partial charge is 0.257 e. The standard InChI is InChI=1S/C16H23NO4/c1-2-15-12(6-8-21-15)16(19)17-7-9-20-10-13(17)11-4-3-5-14(11)18/h6,8,11,13-14,18H,2-5,7,9-10H2,1H3. The van der Waals surface area contributed by atoms with Crippen LogP contribution in [0.5, 0.6) is 0 Å². The van der Waals surface area contributed by atoms with Crippen molar-refractivity contribution in [3.63, 3.8) is 0 Å². The molecule has 2 heterocycles. The topological polar surface area (TPSA) is 62.9 Å². The summed E-state index contributed by atoms with van der Waals surface area (Å²) >= 11 is 0. The van der Waals surface area contributed by atoms with Crippen LogP contribution in [0, 0.1) is 5.92 Å². The number of nitrogens with zero attached hydrogens (tertiary/aromatic N) is 1. The molecule has 21 heavy (non-hydrogen) atoms. The van der Waals surface area contributed by atoms with E-state index in [9.17, 15) is 9.90 Å². The van der Waals surface area contributed by atoms with Crippen molar-refractivity contribution in [2.24, 2.45) is 5.92 Å². The fourth-order valence-electron chi connectivity index (χ4n) is 3.61. The summed E-state index contributed by atoms with van der Waals surface area (Å²) in [5.41, 5.74) is 0.650. The molecular formula is C16H23NO4. The summed E-state index contributed by atoms with van der Waals surface area (Å²) < 4.78 is 10.9. The first-order valence-corrected chi connectivity index (χ1v) is 7.85. The Morgan fingerprint density at radius 2 is 2.33 bits per heavy atom. The Kier molecular flexibility index (Phi) is 4.31. The predicted octanol–water partition coefficient (Wildman–Crippen LogP) is 1.84. The number of aryl methyl sites for hydroxylation is 1. The Balaban J connectivity index is 1.82. The number of aliphatic hydroxyl groups is 1. The molecule has 0 radical (unpaired) electrons. The molecule has 1 saturated carbocycles. The minimum Gasteiger partial charge on any atom is -0.469 e. The molecule has 3 rings (SSSR count).